The molecule has 2 atom stereocenters. The highest BCUT2D eigenvalue weighted by molar-refractivity contribution is 7.12. The number of halogens is 1. The number of carbonyl (C=O) groups is 1. The summed E-state index contributed by atoms with van der Waals surface area (Å²) in [5, 5.41) is 16.2. The van der Waals surface area contributed by atoms with Gasteiger partial charge in [-0.15, -0.1) is 16.4 Å². The number of amides is 1. The molecule has 1 N–H and O–H groups in total. The minimum Gasteiger partial charge on any atom is -0.347 e. The summed E-state index contributed by atoms with van der Waals surface area (Å²) < 4.78 is 15.3. The minimum absolute atomic E-state index is 0.0321. The molecule has 0 aromatic carbocycles. The van der Waals surface area contributed by atoms with Crippen LogP contribution in [0.15, 0.2) is 11.4 Å². The van der Waals surface area contributed by atoms with E-state index in [1.165, 1.54) is 6.07 Å². The smallest absolute Gasteiger partial charge is 0.264 e. The molecule has 1 fully saturated rings. The van der Waals surface area contributed by atoms with Crippen LogP contribution < -0.4 is 5.32 Å². The lowest BCUT2D eigenvalue weighted by atomic mass is 9.88. The van der Waals surface area contributed by atoms with Gasteiger partial charge in [0.15, 0.2) is 5.82 Å². The Morgan fingerprint density at radius 2 is 2.29 bits per heavy atom. The molecule has 24 heavy (non-hydrogen) atoms. The van der Waals surface area contributed by atoms with Crippen LogP contribution in [0.4, 0.5) is 4.39 Å². The highest BCUT2D eigenvalue weighted by Crippen LogP contribution is 2.34. The molecule has 3 heterocycles. The molecule has 130 valence electrons. The lowest BCUT2D eigenvalue weighted by Crippen LogP contribution is -2.44. The zero-order valence-corrected chi connectivity index (χ0v) is 15.0. The standard InChI is InChI=1S/C15H21FN6OS/c1-9(13-18-19-20-21(13)4)22-7-11(15(2,3)8-22)17-14(23)12-10(16)5-6-24-12/h5-6,9,11H,7-8H2,1-4H3,(H,17,23). The maximum Gasteiger partial charge on any atom is 0.264 e. The molecule has 7 nitrogen and oxygen atoms in total. The quantitative estimate of drug-likeness (QED) is 0.905. The van der Waals surface area contributed by atoms with E-state index < -0.39 is 5.82 Å². The van der Waals surface area contributed by atoms with Crippen molar-refractivity contribution >= 4 is 17.2 Å². The first-order valence-electron chi connectivity index (χ1n) is 7.80. The van der Waals surface area contributed by atoms with E-state index in [0.717, 1.165) is 23.7 Å². The number of likely N-dealkylation sites (tertiary alicyclic amines) is 1. The third-order valence-electron chi connectivity index (χ3n) is 4.67. The van der Waals surface area contributed by atoms with Crippen molar-refractivity contribution < 1.29 is 9.18 Å². The Hall–Kier alpha value is -1.87. The largest absolute Gasteiger partial charge is 0.347 e. The maximum atomic E-state index is 13.6. The Morgan fingerprint density at radius 1 is 1.54 bits per heavy atom. The van der Waals surface area contributed by atoms with Gasteiger partial charge in [0.1, 0.15) is 10.7 Å². The third kappa shape index (κ3) is 3.05. The van der Waals surface area contributed by atoms with Crippen LogP contribution in [0.3, 0.4) is 0 Å². The molecule has 2 aromatic heterocycles. The highest BCUT2D eigenvalue weighted by Gasteiger charge is 2.43. The van der Waals surface area contributed by atoms with E-state index >= 15 is 0 Å². The van der Waals surface area contributed by atoms with Crippen molar-refractivity contribution in [2.45, 2.75) is 32.9 Å². The number of tetrazole rings is 1. The summed E-state index contributed by atoms with van der Waals surface area (Å²) in [5.74, 6) is -0.0406. The zero-order chi connectivity index (χ0) is 17.5. The van der Waals surface area contributed by atoms with Crippen molar-refractivity contribution in [2.75, 3.05) is 13.1 Å². The van der Waals surface area contributed by atoms with Crippen LogP contribution in [0, 0.1) is 11.2 Å². The average molecular weight is 352 g/mol. The first-order valence-corrected chi connectivity index (χ1v) is 8.67. The second-order valence-electron chi connectivity index (χ2n) is 6.88. The Bertz CT molecular complexity index is 742. The average Bonchev–Trinajstić information content (AvgIpc) is 3.19. The molecule has 1 amide bonds. The number of carbonyl (C=O) groups excluding carboxylic acids is 1. The van der Waals surface area contributed by atoms with Crippen molar-refractivity contribution in [3.8, 4) is 0 Å². The van der Waals surface area contributed by atoms with Crippen LogP contribution in [0.2, 0.25) is 0 Å². The van der Waals surface area contributed by atoms with E-state index in [0.29, 0.717) is 6.54 Å². The summed E-state index contributed by atoms with van der Waals surface area (Å²) >= 11 is 1.12. The Kier molecular flexibility index (Phi) is 4.39. The summed E-state index contributed by atoms with van der Waals surface area (Å²) in [5.41, 5.74) is -0.135. The van der Waals surface area contributed by atoms with Gasteiger partial charge in [0.05, 0.1) is 6.04 Å². The predicted molar refractivity (Wildman–Crippen MR) is 88.1 cm³/mol. The molecule has 0 radical (unpaired) electrons. The number of hydrogen-bond donors (Lipinski definition) is 1. The molecule has 1 saturated heterocycles. The van der Waals surface area contributed by atoms with Crippen molar-refractivity contribution in [1.82, 2.24) is 30.4 Å². The molecule has 0 saturated carbocycles. The summed E-state index contributed by atoms with van der Waals surface area (Å²) in [4.78, 5) is 14.7. The van der Waals surface area contributed by atoms with E-state index in [1.807, 2.05) is 14.0 Å². The number of nitrogens with zero attached hydrogens (tertiary/aromatic N) is 5. The van der Waals surface area contributed by atoms with Gasteiger partial charge in [0, 0.05) is 26.2 Å². The maximum absolute atomic E-state index is 13.6. The molecular formula is C15H21FN6OS. The molecule has 2 unspecified atom stereocenters. The topological polar surface area (TPSA) is 75.9 Å². The highest BCUT2D eigenvalue weighted by atomic mass is 32.1. The van der Waals surface area contributed by atoms with Crippen molar-refractivity contribution in [2.24, 2.45) is 12.5 Å². The van der Waals surface area contributed by atoms with Gasteiger partial charge in [-0.2, -0.15) is 0 Å². The monoisotopic (exact) mass is 352 g/mol. The van der Waals surface area contributed by atoms with Crippen molar-refractivity contribution in [3.05, 3.63) is 28.0 Å². The summed E-state index contributed by atoms with van der Waals surface area (Å²) in [7, 11) is 1.81. The van der Waals surface area contributed by atoms with Crippen molar-refractivity contribution in [1.29, 1.82) is 0 Å². The molecule has 3 rings (SSSR count). The van der Waals surface area contributed by atoms with E-state index in [-0.39, 0.29) is 28.3 Å². The van der Waals surface area contributed by atoms with Gasteiger partial charge in [-0.05, 0) is 34.2 Å². The molecule has 1 aliphatic rings. The fraction of sp³-hybridized carbons (Fsp3) is 0.600. The van der Waals surface area contributed by atoms with Gasteiger partial charge in [0.25, 0.3) is 5.91 Å². The third-order valence-corrected chi connectivity index (χ3v) is 5.56. The summed E-state index contributed by atoms with van der Waals surface area (Å²) in [6.07, 6.45) is 0. The van der Waals surface area contributed by atoms with Gasteiger partial charge in [-0.3, -0.25) is 9.69 Å². The zero-order valence-electron chi connectivity index (χ0n) is 14.2. The van der Waals surface area contributed by atoms with Crippen LogP contribution in [-0.2, 0) is 7.05 Å². The van der Waals surface area contributed by atoms with Gasteiger partial charge < -0.3 is 5.32 Å². The minimum atomic E-state index is -0.469. The van der Waals surface area contributed by atoms with Crippen molar-refractivity contribution in [3.63, 3.8) is 0 Å². The second kappa shape index (κ2) is 6.21. The van der Waals surface area contributed by atoms with E-state index in [2.05, 4.69) is 39.6 Å². The van der Waals surface area contributed by atoms with Crippen LogP contribution >= 0.6 is 11.3 Å². The normalized spacial score (nSPS) is 21.8. The molecule has 0 bridgehead atoms. The summed E-state index contributed by atoms with van der Waals surface area (Å²) in [6.45, 7) is 7.71. The fourth-order valence-electron chi connectivity index (χ4n) is 3.15. The molecule has 2 aromatic rings. The van der Waals surface area contributed by atoms with Gasteiger partial charge >= 0.3 is 0 Å². The Balaban J connectivity index is 1.72. The van der Waals surface area contributed by atoms with Gasteiger partial charge in [-0.25, -0.2) is 9.07 Å². The van der Waals surface area contributed by atoms with Gasteiger partial charge in [-0.1, -0.05) is 13.8 Å². The first kappa shape index (κ1) is 17.0. The number of thiophene rings is 1. The number of aryl methyl sites for hydroxylation is 1. The van der Waals surface area contributed by atoms with Crippen LogP contribution in [0.5, 0.6) is 0 Å². The van der Waals surface area contributed by atoms with E-state index in [9.17, 15) is 9.18 Å². The lowest BCUT2D eigenvalue weighted by Gasteiger charge is -2.26. The molecule has 0 aliphatic carbocycles. The van der Waals surface area contributed by atoms with Crippen LogP contribution in [0.1, 0.15) is 42.3 Å². The first-order chi connectivity index (χ1) is 11.3. The molecular weight excluding hydrogens is 331 g/mol. The lowest BCUT2D eigenvalue weighted by molar-refractivity contribution is 0.0916. The molecule has 9 heteroatoms. The number of aromatic nitrogens is 4. The SMILES string of the molecule is CC(c1nnnn1C)N1CC(NC(=O)c2sccc2F)C(C)(C)C1. The Morgan fingerprint density at radius 3 is 2.88 bits per heavy atom. The molecule has 0 spiro atoms. The van der Waals surface area contributed by atoms with Gasteiger partial charge in [0.2, 0.25) is 0 Å². The van der Waals surface area contributed by atoms with E-state index in [4.69, 9.17) is 0 Å². The van der Waals surface area contributed by atoms with Crippen LogP contribution in [-0.4, -0.2) is 50.1 Å². The fourth-order valence-corrected chi connectivity index (χ4v) is 3.82. The Labute approximate surface area is 143 Å². The number of nitrogens with one attached hydrogen (secondary N) is 1. The predicted octanol–water partition coefficient (Wildman–Crippen LogP) is 1.61. The number of hydrogen-bond acceptors (Lipinski definition) is 6. The molecule has 1 aliphatic heterocycles. The van der Waals surface area contributed by atoms with Crippen LogP contribution in [0.25, 0.3) is 0 Å². The second-order valence-corrected chi connectivity index (χ2v) is 7.79. The summed E-state index contributed by atoms with van der Waals surface area (Å²) in [6, 6.07) is 1.27. The number of rotatable bonds is 4. The van der Waals surface area contributed by atoms with E-state index in [1.54, 1.807) is 10.1 Å².